The number of hydrogen-bond acceptors (Lipinski definition) is 2. The Hall–Kier alpha value is -1.87. The summed E-state index contributed by atoms with van der Waals surface area (Å²) in [5.74, 6) is -0.785. The van der Waals surface area contributed by atoms with Crippen LogP contribution in [0.1, 0.15) is 17.0 Å². The summed E-state index contributed by atoms with van der Waals surface area (Å²) in [6, 6.07) is 13.8. The third-order valence-electron chi connectivity index (χ3n) is 3.44. The Bertz CT molecular complexity index is 608. The van der Waals surface area contributed by atoms with Gasteiger partial charge in [-0.25, -0.2) is 4.39 Å². The second-order valence-electron chi connectivity index (χ2n) is 5.17. The van der Waals surface area contributed by atoms with Crippen molar-refractivity contribution in [1.82, 2.24) is 0 Å². The second kappa shape index (κ2) is 6.72. The molecule has 0 bridgehead atoms. The summed E-state index contributed by atoms with van der Waals surface area (Å²) >= 11 is 5.71. The summed E-state index contributed by atoms with van der Waals surface area (Å²) in [4.78, 5) is 13.7. The van der Waals surface area contributed by atoms with E-state index in [1.807, 2.05) is 43.3 Å². The number of carbonyl (C=O) groups is 1. The van der Waals surface area contributed by atoms with Crippen molar-refractivity contribution in [1.29, 1.82) is 0 Å². The zero-order chi connectivity index (χ0) is 15.4. The highest BCUT2D eigenvalue weighted by Gasteiger charge is 2.19. The molecule has 2 aromatic rings. The Balaban J connectivity index is 2.20. The summed E-state index contributed by atoms with van der Waals surface area (Å²) in [6.07, 6.45) is 0.502. The van der Waals surface area contributed by atoms with Gasteiger partial charge in [0.05, 0.1) is 5.92 Å². The van der Waals surface area contributed by atoms with Crippen LogP contribution in [0, 0.1) is 5.82 Å². The van der Waals surface area contributed by atoms with Crippen LogP contribution in [0.15, 0.2) is 48.5 Å². The van der Waals surface area contributed by atoms with Crippen LogP contribution >= 0.6 is 11.6 Å². The van der Waals surface area contributed by atoms with Crippen molar-refractivity contribution in [3.63, 3.8) is 0 Å². The molecular weight excluding hydrogens is 289 g/mol. The van der Waals surface area contributed by atoms with Gasteiger partial charge in [0.25, 0.3) is 0 Å². The maximum atomic E-state index is 13.0. The highest BCUT2D eigenvalue weighted by molar-refractivity contribution is 6.64. The van der Waals surface area contributed by atoms with Crippen molar-refractivity contribution in [2.45, 2.75) is 12.3 Å². The van der Waals surface area contributed by atoms with E-state index in [4.69, 9.17) is 11.6 Å². The predicted molar refractivity (Wildman–Crippen MR) is 84.5 cm³/mol. The van der Waals surface area contributed by atoms with Gasteiger partial charge >= 0.3 is 0 Å². The molecular formula is C17H17ClFNO. The van der Waals surface area contributed by atoms with Crippen LogP contribution in [0.2, 0.25) is 0 Å². The first kappa shape index (κ1) is 15.5. The molecule has 110 valence electrons. The Morgan fingerprint density at radius 3 is 2.14 bits per heavy atom. The highest BCUT2D eigenvalue weighted by atomic mass is 35.5. The summed E-state index contributed by atoms with van der Waals surface area (Å²) < 4.78 is 13.0. The van der Waals surface area contributed by atoms with Crippen LogP contribution in [-0.2, 0) is 11.2 Å². The molecule has 0 saturated carbocycles. The van der Waals surface area contributed by atoms with Crippen LogP contribution in [0.5, 0.6) is 0 Å². The molecule has 0 radical (unpaired) electrons. The molecule has 0 heterocycles. The lowest BCUT2D eigenvalue weighted by Crippen LogP contribution is -2.11. The maximum Gasteiger partial charge on any atom is 0.229 e. The molecule has 0 saturated heterocycles. The van der Waals surface area contributed by atoms with E-state index >= 15 is 0 Å². The van der Waals surface area contributed by atoms with E-state index in [0.717, 1.165) is 16.8 Å². The summed E-state index contributed by atoms with van der Waals surface area (Å²) in [5, 5.41) is -0.432. The fourth-order valence-electron chi connectivity index (χ4n) is 2.19. The van der Waals surface area contributed by atoms with Gasteiger partial charge in [0.2, 0.25) is 5.24 Å². The van der Waals surface area contributed by atoms with E-state index in [-0.39, 0.29) is 5.82 Å². The number of carbonyl (C=O) groups excluding carboxylic acids is 1. The molecule has 0 aliphatic rings. The molecule has 0 aromatic heterocycles. The van der Waals surface area contributed by atoms with Crippen LogP contribution in [0.3, 0.4) is 0 Å². The minimum Gasteiger partial charge on any atom is -0.378 e. The third kappa shape index (κ3) is 4.05. The van der Waals surface area contributed by atoms with Crippen molar-refractivity contribution in [2.24, 2.45) is 0 Å². The van der Waals surface area contributed by atoms with E-state index < -0.39 is 11.2 Å². The molecule has 0 aliphatic heterocycles. The van der Waals surface area contributed by atoms with Crippen LogP contribution in [0.4, 0.5) is 10.1 Å². The van der Waals surface area contributed by atoms with Gasteiger partial charge in [-0.1, -0.05) is 24.3 Å². The van der Waals surface area contributed by atoms with Gasteiger partial charge < -0.3 is 4.90 Å². The number of halogens is 2. The largest absolute Gasteiger partial charge is 0.378 e. The van der Waals surface area contributed by atoms with Crippen molar-refractivity contribution in [3.8, 4) is 0 Å². The molecule has 0 aliphatic carbocycles. The van der Waals surface area contributed by atoms with E-state index in [9.17, 15) is 9.18 Å². The molecule has 1 atom stereocenters. The lowest BCUT2D eigenvalue weighted by molar-refractivity contribution is -0.113. The molecule has 2 aromatic carbocycles. The topological polar surface area (TPSA) is 20.3 Å². The van der Waals surface area contributed by atoms with E-state index in [2.05, 4.69) is 0 Å². The van der Waals surface area contributed by atoms with Crippen LogP contribution in [0.25, 0.3) is 0 Å². The zero-order valence-electron chi connectivity index (χ0n) is 12.0. The summed E-state index contributed by atoms with van der Waals surface area (Å²) in [6.45, 7) is 0. The molecule has 0 fully saturated rings. The molecule has 1 unspecified atom stereocenters. The van der Waals surface area contributed by atoms with Crippen molar-refractivity contribution in [3.05, 3.63) is 65.5 Å². The van der Waals surface area contributed by atoms with Crippen molar-refractivity contribution in [2.75, 3.05) is 19.0 Å². The van der Waals surface area contributed by atoms with Gasteiger partial charge in [-0.2, -0.15) is 0 Å². The molecule has 2 nitrogen and oxygen atoms in total. The Morgan fingerprint density at radius 2 is 1.67 bits per heavy atom. The second-order valence-corrected chi connectivity index (χ2v) is 5.55. The molecule has 2 rings (SSSR count). The number of anilines is 1. The van der Waals surface area contributed by atoms with Crippen molar-refractivity contribution >= 4 is 22.5 Å². The lowest BCUT2D eigenvalue weighted by atomic mass is 9.93. The molecule has 0 N–H and O–H groups in total. The third-order valence-corrected chi connectivity index (χ3v) is 3.70. The monoisotopic (exact) mass is 305 g/mol. The van der Waals surface area contributed by atoms with Gasteiger partial charge in [0, 0.05) is 19.8 Å². The smallest absolute Gasteiger partial charge is 0.229 e. The standard InChI is InChI=1S/C17H17ClFNO/c1-20(2)15-9-3-12(4-10-15)11-16(17(18)21)13-5-7-14(19)8-6-13/h3-10,16H,11H2,1-2H3. The predicted octanol–water partition coefficient (Wildman–Crippen LogP) is 3.98. The molecule has 21 heavy (non-hydrogen) atoms. The lowest BCUT2D eigenvalue weighted by Gasteiger charge is -2.15. The first-order valence-corrected chi connectivity index (χ1v) is 7.06. The quantitative estimate of drug-likeness (QED) is 0.779. The van der Waals surface area contributed by atoms with Gasteiger partial charge in [-0.3, -0.25) is 4.79 Å². The minimum absolute atomic E-state index is 0.324. The Labute approximate surface area is 129 Å². The molecule has 4 heteroatoms. The van der Waals surface area contributed by atoms with Crippen molar-refractivity contribution < 1.29 is 9.18 Å². The Kier molecular flexibility index (Phi) is 4.97. The average molecular weight is 306 g/mol. The normalized spacial score (nSPS) is 12.0. The molecule has 0 amide bonds. The SMILES string of the molecule is CN(C)c1ccc(CC(C(=O)Cl)c2ccc(F)cc2)cc1. The molecule has 0 spiro atoms. The minimum atomic E-state index is -0.461. The first-order chi connectivity index (χ1) is 9.97. The average Bonchev–Trinajstić information content (AvgIpc) is 2.46. The van der Waals surface area contributed by atoms with Gasteiger partial charge in [-0.05, 0) is 53.4 Å². The highest BCUT2D eigenvalue weighted by Crippen LogP contribution is 2.25. The fourth-order valence-corrected chi connectivity index (χ4v) is 2.39. The number of rotatable bonds is 5. The van der Waals surface area contributed by atoms with Gasteiger partial charge in [0.15, 0.2) is 0 Å². The fraction of sp³-hybridized carbons (Fsp3) is 0.235. The summed E-state index contributed by atoms with van der Waals surface area (Å²) in [7, 11) is 3.94. The van der Waals surface area contributed by atoms with Gasteiger partial charge in [0.1, 0.15) is 5.82 Å². The van der Waals surface area contributed by atoms with Crippen LogP contribution in [-0.4, -0.2) is 19.3 Å². The maximum absolute atomic E-state index is 13.0. The van der Waals surface area contributed by atoms with E-state index in [0.29, 0.717) is 6.42 Å². The van der Waals surface area contributed by atoms with Crippen LogP contribution < -0.4 is 4.90 Å². The van der Waals surface area contributed by atoms with E-state index in [1.54, 1.807) is 12.1 Å². The number of benzene rings is 2. The Morgan fingerprint density at radius 1 is 1.10 bits per heavy atom. The summed E-state index contributed by atoms with van der Waals surface area (Å²) in [5.41, 5.74) is 2.84. The first-order valence-electron chi connectivity index (χ1n) is 6.68. The number of nitrogens with zero attached hydrogens (tertiary/aromatic N) is 1. The number of hydrogen-bond donors (Lipinski definition) is 0. The zero-order valence-corrected chi connectivity index (χ0v) is 12.8. The van der Waals surface area contributed by atoms with E-state index in [1.165, 1.54) is 12.1 Å². The van der Waals surface area contributed by atoms with Gasteiger partial charge in [-0.15, -0.1) is 0 Å².